The van der Waals surface area contributed by atoms with Gasteiger partial charge in [0.2, 0.25) is 5.91 Å². The van der Waals surface area contributed by atoms with E-state index in [0.717, 1.165) is 55.1 Å². The Hall–Kier alpha value is -6.01. The molecule has 3 amide bonds. The van der Waals surface area contributed by atoms with Crippen molar-refractivity contribution in [2.24, 2.45) is 7.05 Å². The minimum atomic E-state index is -4.03. The van der Waals surface area contributed by atoms with Crippen LogP contribution >= 0.6 is 0 Å². The van der Waals surface area contributed by atoms with E-state index >= 15 is 8.78 Å². The number of aryl methyl sites for hydroxylation is 1. The lowest BCUT2D eigenvalue weighted by Gasteiger charge is -2.35. The molecule has 1 aliphatic carbocycles. The molecule has 63 heavy (non-hydrogen) atoms. The van der Waals surface area contributed by atoms with Crippen molar-refractivity contribution in [1.82, 2.24) is 33.9 Å². The molecule has 3 aromatic carbocycles. The second-order valence-electron chi connectivity index (χ2n) is 16.8. The van der Waals surface area contributed by atoms with E-state index in [1.807, 2.05) is 12.1 Å². The Labute approximate surface area is 361 Å². The van der Waals surface area contributed by atoms with Crippen LogP contribution in [0.15, 0.2) is 53.6 Å². The summed E-state index contributed by atoms with van der Waals surface area (Å²) in [5.74, 6) is -1.68. The summed E-state index contributed by atoms with van der Waals surface area (Å²) in [6.07, 6.45) is 6.42. The molecule has 17 nitrogen and oxygen atoms in total. The lowest BCUT2D eigenvalue weighted by Crippen LogP contribution is -2.49. The molecule has 9 rings (SSSR count). The molecule has 1 saturated carbocycles. The molecule has 0 radical (unpaired) electrons. The Balaban J connectivity index is 0.858. The van der Waals surface area contributed by atoms with Crippen LogP contribution in [0.4, 0.5) is 25.1 Å². The van der Waals surface area contributed by atoms with E-state index in [0.29, 0.717) is 53.4 Å². The number of halogens is 2. The molecule has 5 heterocycles. The minimum absolute atomic E-state index is 0.0213. The molecule has 0 unspecified atom stereocenters. The van der Waals surface area contributed by atoms with Crippen LogP contribution in [-0.4, -0.2) is 100 Å². The van der Waals surface area contributed by atoms with E-state index in [2.05, 4.69) is 25.0 Å². The first-order chi connectivity index (χ1) is 30.2. The van der Waals surface area contributed by atoms with Gasteiger partial charge in [0.25, 0.3) is 5.56 Å². The Kier molecular flexibility index (Phi) is 10.9. The summed E-state index contributed by atoms with van der Waals surface area (Å²) >= 11 is 0. The maximum absolute atomic E-state index is 15.8. The molecule has 3 saturated heterocycles. The zero-order valence-electron chi connectivity index (χ0n) is 34.9. The summed E-state index contributed by atoms with van der Waals surface area (Å²) in [5.41, 5.74) is 0.430. The second-order valence-corrected chi connectivity index (χ2v) is 18.6. The Bertz CT molecular complexity index is 2890. The number of fused-ring (bicyclic) bond motifs is 2. The van der Waals surface area contributed by atoms with Crippen LogP contribution < -0.4 is 25.2 Å². The highest BCUT2D eigenvalue weighted by atomic mass is 32.2. The number of nitriles is 1. The summed E-state index contributed by atoms with van der Waals surface area (Å²) < 4.78 is 75.2. The molecule has 3 aliphatic heterocycles. The average molecular weight is 885 g/mol. The van der Waals surface area contributed by atoms with Gasteiger partial charge in [0.05, 0.1) is 46.7 Å². The van der Waals surface area contributed by atoms with Crippen LogP contribution in [0.25, 0.3) is 21.8 Å². The van der Waals surface area contributed by atoms with Gasteiger partial charge in [-0.15, -0.1) is 0 Å². The molecule has 330 valence electrons. The lowest BCUT2D eigenvalue weighted by atomic mass is 9.80. The van der Waals surface area contributed by atoms with E-state index < -0.39 is 33.4 Å². The fourth-order valence-corrected chi connectivity index (χ4v) is 10.5. The van der Waals surface area contributed by atoms with E-state index in [4.69, 9.17) is 9.47 Å². The topological polar surface area (TPSA) is 197 Å². The first-order valence-corrected chi connectivity index (χ1v) is 22.4. The van der Waals surface area contributed by atoms with Crippen molar-refractivity contribution in [3.05, 3.63) is 81.9 Å². The molecule has 2 N–H and O–H groups in total. The highest BCUT2D eigenvalue weighted by Gasteiger charge is 2.48. The van der Waals surface area contributed by atoms with E-state index in [9.17, 15) is 28.1 Å². The quantitative estimate of drug-likeness (QED) is 0.182. The van der Waals surface area contributed by atoms with Gasteiger partial charge >= 0.3 is 16.2 Å². The number of aromatic nitrogens is 4. The van der Waals surface area contributed by atoms with Crippen molar-refractivity contribution in [1.29, 1.82) is 5.26 Å². The standard InChI is InChI=1S/C43H46F2N10O7S/c1-4-51(2)63(59,60)50-36-12-10-33(44)39(32(36)21-46)62-28-9-11-35-30(17-28)41(57)55(24-47-35)27-20-43(61-22-27)14-16-53(23-43)26-7-5-25(6-8-26)29-19-37-31(18-34(29)45)40(49-52(37)3)54-15-13-38(56)48-42(54)58/h9-12,17-19,24-27,50H,4-8,13-16,20,22-23H2,1-3H3,(H,48,56,58)/t25?,26?,27-,43-/m0/s1. The lowest BCUT2D eigenvalue weighted by molar-refractivity contribution is -0.120. The zero-order valence-corrected chi connectivity index (χ0v) is 35.8. The van der Waals surface area contributed by atoms with Gasteiger partial charge in [-0.2, -0.15) is 23.1 Å². The number of hydrogen-bond donors (Lipinski definition) is 2. The number of imide groups is 1. The maximum atomic E-state index is 15.8. The monoisotopic (exact) mass is 884 g/mol. The van der Waals surface area contributed by atoms with Gasteiger partial charge in [0, 0.05) is 64.5 Å². The highest BCUT2D eigenvalue weighted by Crippen LogP contribution is 2.44. The van der Waals surface area contributed by atoms with E-state index in [1.54, 1.807) is 29.3 Å². The predicted molar refractivity (Wildman–Crippen MR) is 228 cm³/mol. The maximum Gasteiger partial charge on any atom is 0.329 e. The smallest absolute Gasteiger partial charge is 0.329 e. The van der Waals surface area contributed by atoms with Crippen LogP contribution in [0.1, 0.15) is 75.0 Å². The molecular formula is C43H46F2N10O7S. The van der Waals surface area contributed by atoms with E-state index in [-0.39, 0.29) is 71.1 Å². The van der Waals surface area contributed by atoms with Gasteiger partial charge in [-0.3, -0.25) is 38.7 Å². The molecular weight excluding hydrogens is 839 g/mol. The van der Waals surface area contributed by atoms with Crippen molar-refractivity contribution in [3.63, 3.8) is 0 Å². The number of nitrogens with one attached hydrogen (secondary N) is 2. The van der Waals surface area contributed by atoms with Gasteiger partial charge in [-0.1, -0.05) is 6.92 Å². The number of rotatable bonds is 10. The van der Waals surface area contributed by atoms with Crippen molar-refractivity contribution in [2.45, 2.75) is 75.5 Å². The molecule has 2 atom stereocenters. The molecule has 4 fully saturated rings. The fourth-order valence-electron chi connectivity index (χ4n) is 9.57. The molecule has 5 aromatic rings. The van der Waals surface area contributed by atoms with Crippen molar-refractivity contribution < 1.29 is 36.3 Å². The van der Waals surface area contributed by atoms with Crippen LogP contribution in [-0.2, 0) is 26.8 Å². The van der Waals surface area contributed by atoms with E-state index in [1.165, 1.54) is 36.5 Å². The number of likely N-dealkylation sites (tertiary alicyclic amines) is 1. The van der Waals surface area contributed by atoms with Crippen LogP contribution in [0.2, 0.25) is 0 Å². The van der Waals surface area contributed by atoms with Gasteiger partial charge in [0.1, 0.15) is 23.2 Å². The Morgan fingerprint density at radius 1 is 1.05 bits per heavy atom. The Morgan fingerprint density at radius 2 is 1.84 bits per heavy atom. The van der Waals surface area contributed by atoms with Crippen molar-refractivity contribution >= 4 is 55.5 Å². The Morgan fingerprint density at radius 3 is 2.59 bits per heavy atom. The number of urea groups is 1. The highest BCUT2D eigenvalue weighted by molar-refractivity contribution is 7.90. The third-order valence-electron chi connectivity index (χ3n) is 13.1. The number of ether oxygens (including phenoxy) is 2. The zero-order chi connectivity index (χ0) is 44.4. The van der Waals surface area contributed by atoms with Crippen LogP contribution in [0, 0.1) is 23.0 Å². The third kappa shape index (κ3) is 7.76. The number of anilines is 2. The van der Waals surface area contributed by atoms with Gasteiger partial charge in [-0.25, -0.2) is 18.6 Å². The summed E-state index contributed by atoms with van der Waals surface area (Å²) in [6, 6.07) is 11.2. The summed E-state index contributed by atoms with van der Waals surface area (Å²) in [5, 5.41) is 17.5. The molecule has 4 aliphatic rings. The van der Waals surface area contributed by atoms with Crippen molar-refractivity contribution in [2.75, 3.05) is 49.5 Å². The van der Waals surface area contributed by atoms with Gasteiger partial charge in [0.15, 0.2) is 17.4 Å². The minimum Gasteiger partial charge on any atom is -0.453 e. The van der Waals surface area contributed by atoms with Gasteiger partial charge < -0.3 is 9.47 Å². The predicted octanol–water partition coefficient (Wildman–Crippen LogP) is 5.41. The number of amides is 3. The number of nitrogens with zero attached hydrogens (tertiary/aromatic N) is 8. The number of carbonyl (C=O) groups excluding carboxylic acids is 2. The number of carbonyl (C=O) groups is 2. The summed E-state index contributed by atoms with van der Waals surface area (Å²) in [4.78, 5) is 46.6. The van der Waals surface area contributed by atoms with Gasteiger partial charge in [-0.05, 0) is 86.1 Å². The van der Waals surface area contributed by atoms with Crippen LogP contribution in [0.3, 0.4) is 0 Å². The number of benzene rings is 3. The SMILES string of the molecule is CCN(C)S(=O)(=O)Nc1ccc(F)c(Oc2ccc3ncn([C@@H]4CO[C@@]5(CCN(C6CCC(c7cc8c(cc7F)c(N7CCC(=O)NC7=O)nn8C)CC6)C5)C4)c(=O)c3c2)c1C#N. The number of hydrogen-bond acceptors (Lipinski definition) is 11. The molecule has 1 spiro atoms. The molecule has 0 bridgehead atoms. The molecule has 20 heteroatoms. The second kappa shape index (κ2) is 16.3. The third-order valence-corrected chi connectivity index (χ3v) is 14.7. The first-order valence-electron chi connectivity index (χ1n) is 21.0. The summed E-state index contributed by atoms with van der Waals surface area (Å²) in [6.45, 7) is 3.83. The fraction of sp³-hybridized carbons (Fsp3) is 0.442. The first kappa shape index (κ1) is 42.3. The molecule has 2 aromatic heterocycles. The van der Waals surface area contributed by atoms with Crippen molar-refractivity contribution in [3.8, 4) is 17.6 Å². The normalized spacial score (nSPS) is 23.3. The average Bonchev–Trinajstić information content (AvgIpc) is 3.98. The van der Waals surface area contributed by atoms with Crippen LogP contribution in [0.5, 0.6) is 11.5 Å². The summed E-state index contributed by atoms with van der Waals surface area (Å²) in [7, 11) is -0.904. The largest absolute Gasteiger partial charge is 0.453 e.